The normalized spacial score (nSPS) is 19.8. The molecule has 0 aliphatic heterocycles. The molecule has 0 spiro atoms. The topological polar surface area (TPSA) is 40.5 Å². The second-order valence-electron chi connectivity index (χ2n) is 5.54. The molecule has 1 fully saturated rings. The van der Waals surface area contributed by atoms with E-state index in [9.17, 15) is 10.2 Å². The van der Waals surface area contributed by atoms with E-state index in [-0.39, 0.29) is 18.6 Å². The van der Waals surface area contributed by atoms with Crippen LogP contribution in [0.2, 0.25) is 0 Å². The molecule has 0 unspecified atom stereocenters. The first-order valence-electron chi connectivity index (χ1n) is 6.36. The Hall–Kier alpha value is -0.0800. The third-order valence-corrected chi connectivity index (χ3v) is 4.27. The molecule has 1 rings (SSSR count). The molecule has 1 aliphatic carbocycles. The summed E-state index contributed by atoms with van der Waals surface area (Å²) >= 11 is 0. The lowest BCUT2D eigenvalue weighted by Gasteiger charge is -2.38. The van der Waals surface area contributed by atoms with Crippen LogP contribution in [-0.4, -0.2) is 23.4 Å². The van der Waals surface area contributed by atoms with Crippen LogP contribution in [0.5, 0.6) is 0 Å². The van der Waals surface area contributed by atoms with Gasteiger partial charge in [-0.1, -0.05) is 46.0 Å². The fraction of sp³-hybridized carbons (Fsp3) is 1.00. The molecule has 1 aliphatic rings. The van der Waals surface area contributed by atoms with Gasteiger partial charge in [0, 0.05) is 5.41 Å². The van der Waals surface area contributed by atoms with Crippen molar-refractivity contribution in [2.24, 2.45) is 17.3 Å². The molecule has 0 aromatic heterocycles. The molecule has 0 aromatic rings. The fourth-order valence-electron chi connectivity index (χ4n) is 2.75. The zero-order valence-electron chi connectivity index (χ0n) is 10.2. The third-order valence-electron chi connectivity index (χ3n) is 4.27. The van der Waals surface area contributed by atoms with E-state index in [4.69, 9.17) is 0 Å². The molecule has 0 saturated heterocycles. The maximum Gasteiger partial charge on any atom is 0.0511 e. The number of aliphatic hydroxyl groups is 2. The van der Waals surface area contributed by atoms with Crippen LogP contribution >= 0.6 is 0 Å². The van der Waals surface area contributed by atoms with Crippen molar-refractivity contribution in [3.05, 3.63) is 0 Å². The van der Waals surface area contributed by atoms with Gasteiger partial charge in [-0.25, -0.2) is 0 Å². The van der Waals surface area contributed by atoms with Crippen molar-refractivity contribution in [1.82, 2.24) is 0 Å². The standard InChI is InChI=1S/C13H26O2/c1-11(2)13(9-14,10-15)8-12-6-4-3-5-7-12/h11-12,14-15H,3-10H2,1-2H3. The van der Waals surface area contributed by atoms with E-state index in [0.717, 1.165) is 12.3 Å². The van der Waals surface area contributed by atoms with Gasteiger partial charge in [-0.3, -0.25) is 0 Å². The van der Waals surface area contributed by atoms with Crippen LogP contribution in [0.25, 0.3) is 0 Å². The zero-order valence-corrected chi connectivity index (χ0v) is 10.2. The predicted octanol–water partition coefficient (Wildman–Crippen LogP) is 2.58. The molecular weight excluding hydrogens is 188 g/mol. The van der Waals surface area contributed by atoms with Gasteiger partial charge in [0.05, 0.1) is 13.2 Å². The Morgan fingerprint density at radius 3 is 2.00 bits per heavy atom. The first-order valence-corrected chi connectivity index (χ1v) is 6.36. The molecule has 1 saturated carbocycles. The lowest BCUT2D eigenvalue weighted by Crippen LogP contribution is -2.37. The van der Waals surface area contributed by atoms with Crippen molar-refractivity contribution < 1.29 is 10.2 Å². The van der Waals surface area contributed by atoms with E-state index >= 15 is 0 Å². The summed E-state index contributed by atoms with van der Waals surface area (Å²) in [5.41, 5.74) is -0.248. The summed E-state index contributed by atoms with van der Waals surface area (Å²) < 4.78 is 0. The SMILES string of the molecule is CC(C)C(CO)(CO)CC1CCCCC1. The summed E-state index contributed by atoms with van der Waals surface area (Å²) in [6.07, 6.45) is 7.59. The molecular formula is C13H26O2. The fourth-order valence-corrected chi connectivity index (χ4v) is 2.75. The van der Waals surface area contributed by atoms with Crippen molar-refractivity contribution in [2.75, 3.05) is 13.2 Å². The average molecular weight is 214 g/mol. The van der Waals surface area contributed by atoms with E-state index in [1.54, 1.807) is 0 Å². The van der Waals surface area contributed by atoms with E-state index < -0.39 is 0 Å². The summed E-state index contributed by atoms with van der Waals surface area (Å²) in [6, 6.07) is 0. The van der Waals surface area contributed by atoms with Gasteiger partial charge in [0.15, 0.2) is 0 Å². The summed E-state index contributed by atoms with van der Waals surface area (Å²) in [5, 5.41) is 19.0. The maximum absolute atomic E-state index is 9.52. The first kappa shape index (κ1) is 13.0. The zero-order chi connectivity index (χ0) is 11.3. The number of hydrogen-bond acceptors (Lipinski definition) is 2. The molecule has 0 aromatic carbocycles. The van der Waals surface area contributed by atoms with Crippen molar-refractivity contribution in [2.45, 2.75) is 52.4 Å². The Morgan fingerprint density at radius 1 is 1.07 bits per heavy atom. The summed E-state index contributed by atoms with van der Waals surface area (Å²) in [7, 11) is 0. The Bertz CT molecular complexity index is 167. The Balaban J connectivity index is 2.56. The first-order chi connectivity index (χ1) is 7.14. The van der Waals surface area contributed by atoms with E-state index in [2.05, 4.69) is 13.8 Å². The third kappa shape index (κ3) is 3.18. The summed E-state index contributed by atoms with van der Waals surface area (Å²) in [4.78, 5) is 0. The van der Waals surface area contributed by atoms with Crippen LogP contribution in [0.4, 0.5) is 0 Å². The minimum Gasteiger partial charge on any atom is -0.396 e. The Morgan fingerprint density at radius 2 is 1.60 bits per heavy atom. The van der Waals surface area contributed by atoms with Gasteiger partial charge < -0.3 is 10.2 Å². The number of rotatable bonds is 5. The molecule has 0 heterocycles. The lowest BCUT2D eigenvalue weighted by atomic mass is 9.69. The lowest BCUT2D eigenvalue weighted by molar-refractivity contribution is -0.00834. The molecule has 0 atom stereocenters. The molecule has 0 radical (unpaired) electrons. The largest absolute Gasteiger partial charge is 0.396 e. The second-order valence-corrected chi connectivity index (χ2v) is 5.54. The summed E-state index contributed by atoms with van der Waals surface area (Å²) in [6.45, 7) is 4.46. The average Bonchev–Trinajstić information content (AvgIpc) is 2.27. The van der Waals surface area contributed by atoms with Crippen molar-refractivity contribution in [3.8, 4) is 0 Å². The smallest absolute Gasteiger partial charge is 0.0511 e. The monoisotopic (exact) mass is 214 g/mol. The second kappa shape index (κ2) is 5.86. The van der Waals surface area contributed by atoms with Gasteiger partial charge in [-0.15, -0.1) is 0 Å². The van der Waals surface area contributed by atoms with Crippen molar-refractivity contribution in [3.63, 3.8) is 0 Å². The maximum atomic E-state index is 9.52. The highest BCUT2D eigenvalue weighted by Crippen LogP contribution is 2.39. The van der Waals surface area contributed by atoms with E-state index in [1.165, 1.54) is 32.1 Å². The Labute approximate surface area is 93.7 Å². The van der Waals surface area contributed by atoms with E-state index in [0.29, 0.717) is 5.92 Å². The van der Waals surface area contributed by atoms with Gasteiger partial charge in [-0.05, 0) is 18.3 Å². The highest BCUT2D eigenvalue weighted by atomic mass is 16.3. The molecule has 0 amide bonds. The highest BCUT2D eigenvalue weighted by molar-refractivity contribution is 4.84. The molecule has 0 bridgehead atoms. The van der Waals surface area contributed by atoms with Crippen molar-refractivity contribution >= 4 is 0 Å². The van der Waals surface area contributed by atoms with Crippen LogP contribution in [0.15, 0.2) is 0 Å². The van der Waals surface area contributed by atoms with Crippen molar-refractivity contribution in [1.29, 1.82) is 0 Å². The van der Waals surface area contributed by atoms with Crippen LogP contribution in [0.3, 0.4) is 0 Å². The van der Waals surface area contributed by atoms with Crippen LogP contribution < -0.4 is 0 Å². The van der Waals surface area contributed by atoms with Crippen LogP contribution in [0.1, 0.15) is 52.4 Å². The van der Waals surface area contributed by atoms with Gasteiger partial charge in [-0.2, -0.15) is 0 Å². The quantitative estimate of drug-likeness (QED) is 0.738. The number of hydrogen-bond donors (Lipinski definition) is 2. The molecule has 2 heteroatoms. The molecule has 2 nitrogen and oxygen atoms in total. The van der Waals surface area contributed by atoms with Gasteiger partial charge in [0.1, 0.15) is 0 Å². The molecule has 15 heavy (non-hydrogen) atoms. The van der Waals surface area contributed by atoms with Gasteiger partial charge >= 0.3 is 0 Å². The number of aliphatic hydroxyl groups excluding tert-OH is 2. The molecule has 90 valence electrons. The molecule has 2 N–H and O–H groups in total. The van der Waals surface area contributed by atoms with Crippen LogP contribution in [0, 0.1) is 17.3 Å². The predicted molar refractivity (Wildman–Crippen MR) is 62.6 cm³/mol. The van der Waals surface area contributed by atoms with Gasteiger partial charge in [0.25, 0.3) is 0 Å². The minimum absolute atomic E-state index is 0.123. The highest BCUT2D eigenvalue weighted by Gasteiger charge is 2.35. The van der Waals surface area contributed by atoms with E-state index in [1.807, 2.05) is 0 Å². The minimum atomic E-state index is -0.248. The van der Waals surface area contributed by atoms with Gasteiger partial charge in [0.2, 0.25) is 0 Å². The van der Waals surface area contributed by atoms with Crippen LogP contribution in [-0.2, 0) is 0 Å². The Kier molecular flexibility index (Phi) is 5.07. The summed E-state index contributed by atoms with van der Waals surface area (Å²) in [5.74, 6) is 1.08.